The van der Waals surface area contributed by atoms with E-state index in [9.17, 15) is 13.2 Å². The second kappa shape index (κ2) is 8.35. The zero-order valence-corrected chi connectivity index (χ0v) is 17.5. The molecule has 0 aromatic heterocycles. The number of aryl methyl sites for hydroxylation is 2. The van der Waals surface area contributed by atoms with Crippen molar-refractivity contribution in [3.05, 3.63) is 65.2 Å². The summed E-state index contributed by atoms with van der Waals surface area (Å²) in [6, 6.07) is 14.5. The molecular weight excluding hydrogens is 372 g/mol. The van der Waals surface area contributed by atoms with Crippen molar-refractivity contribution in [1.82, 2.24) is 5.32 Å². The van der Waals surface area contributed by atoms with E-state index in [1.165, 1.54) is 9.87 Å². The topological polar surface area (TPSA) is 66.5 Å². The summed E-state index contributed by atoms with van der Waals surface area (Å²) < 4.78 is 26.1. The minimum absolute atomic E-state index is 0.0798. The Kier molecular flexibility index (Phi) is 6.08. The molecular formula is C22H28N2O3S. The Hall–Kier alpha value is -2.34. The smallest absolute Gasteiger partial charge is 0.244 e. The average molecular weight is 401 g/mol. The van der Waals surface area contributed by atoms with Crippen LogP contribution < -0.4 is 9.62 Å². The maximum absolute atomic E-state index is 13.0. The van der Waals surface area contributed by atoms with Crippen molar-refractivity contribution in [2.24, 2.45) is 0 Å². The molecule has 150 valence electrons. The van der Waals surface area contributed by atoms with Crippen LogP contribution in [0.3, 0.4) is 0 Å². The van der Waals surface area contributed by atoms with Crippen molar-refractivity contribution in [3.63, 3.8) is 0 Å². The first-order chi connectivity index (χ1) is 13.3. The molecule has 0 spiro atoms. The third-order valence-electron chi connectivity index (χ3n) is 5.37. The lowest BCUT2D eigenvalue weighted by atomic mass is 9.87. The monoisotopic (exact) mass is 400 g/mol. The number of hydrogen-bond acceptors (Lipinski definition) is 3. The lowest BCUT2D eigenvalue weighted by Crippen LogP contribution is -2.49. The van der Waals surface area contributed by atoms with Crippen LogP contribution in [0.4, 0.5) is 5.69 Å². The molecule has 0 aliphatic heterocycles. The van der Waals surface area contributed by atoms with Gasteiger partial charge in [-0.25, -0.2) is 8.42 Å². The molecule has 2 atom stereocenters. The number of fused-ring (bicyclic) bond motifs is 1. The van der Waals surface area contributed by atoms with E-state index in [0.717, 1.165) is 43.1 Å². The number of benzene rings is 2. The number of nitrogens with one attached hydrogen (secondary N) is 1. The summed E-state index contributed by atoms with van der Waals surface area (Å²) in [5.74, 6) is -0.285. The molecule has 5 nitrogen and oxygen atoms in total. The van der Waals surface area contributed by atoms with Gasteiger partial charge in [-0.2, -0.15) is 0 Å². The van der Waals surface area contributed by atoms with Gasteiger partial charge < -0.3 is 5.32 Å². The Morgan fingerprint density at radius 3 is 2.50 bits per heavy atom. The number of sulfonamides is 1. The minimum Gasteiger partial charge on any atom is -0.347 e. The Bertz CT molecular complexity index is 939. The van der Waals surface area contributed by atoms with Crippen molar-refractivity contribution >= 4 is 21.6 Å². The van der Waals surface area contributed by atoms with Crippen LogP contribution in [0.15, 0.2) is 48.5 Å². The van der Waals surface area contributed by atoms with Crippen LogP contribution in [0, 0.1) is 0 Å². The van der Waals surface area contributed by atoms with Gasteiger partial charge in [0.2, 0.25) is 15.9 Å². The van der Waals surface area contributed by atoms with Crippen molar-refractivity contribution in [1.29, 1.82) is 0 Å². The molecule has 0 bridgehead atoms. The molecule has 2 aromatic carbocycles. The lowest BCUT2D eigenvalue weighted by Gasteiger charge is -2.31. The Morgan fingerprint density at radius 1 is 1.18 bits per heavy atom. The molecule has 6 heteroatoms. The predicted molar refractivity (Wildman–Crippen MR) is 113 cm³/mol. The van der Waals surface area contributed by atoms with E-state index in [-0.39, 0.29) is 11.9 Å². The zero-order chi connectivity index (χ0) is 20.3. The summed E-state index contributed by atoms with van der Waals surface area (Å²) in [4.78, 5) is 13.0. The van der Waals surface area contributed by atoms with E-state index in [1.54, 1.807) is 19.1 Å². The van der Waals surface area contributed by atoms with Gasteiger partial charge in [0.15, 0.2) is 0 Å². The van der Waals surface area contributed by atoms with Gasteiger partial charge in [-0.3, -0.25) is 9.10 Å². The minimum atomic E-state index is -3.61. The van der Waals surface area contributed by atoms with Gasteiger partial charge in [0.05, 0.1) is 18.0 Å². The van der Waals surface area contributed by atoms with Crippen molar-refractivity contribution in [2.45, 2.75) is 51.6 Å². The highest BCUT2D eigenvalue weighted by Gasteiger charge is 2.31. The van der Waals surface area contributed by atoms with Gasteiger partial charge in [0.1, 0.15) is 6.04 Å². The fourth-order valence-corrected chi connectivity index (χ4v) is 5.06. The van der Waals surface area contributed by atoms with E-state index < -0.39 is 16.1 Å². The summed E-state index contributed by atoms with van der Waals surface area (Å²) >= 11 is 0. The predicted octanol–water partition coefficient (Wildman–Crippen LogP) is 3.60. The Labute approximate surface area is 167 Å². The molecule has 28 heavy (non-hydrogen) atoms. The van der Waals surface area contributed by atoms with Gasteiger partial charge in [-0.15, -0.1) is 0 Å². The first-order valence-corrected chi connectivity index (χ1v) is 11.6. The normalized spacial score (nSPS) is 17.5. The molecule has 1 aliphatic carbocycles. The molecule has 1 aliphatic rings. The molecule has 0 saturated heterocycles. The number of nitrogens with zero attached hydrogens (tertiary/aromatic N) is 1. The average Bonchev–Trinajstić information content (AvgIpc) is 2.68. The maximum Gasteiger partial charge on any atom is 0.244 e. The van der Waals surface area contributed by atoms with Crippen molar-refractivity contribution < 1.29 is 13.2 Å². The molecule has 0 unspecified atom stereocenters. The van der Waals surface area contributed by atoms with Gasteiger partial charge in [-0.1, -0.05) is 43.3 Å². The zero-order valence-electron chi connectivity index (χ0n) is 16.7. The van der Waals surface area contributed by atoms with E-state index in [1.807, 2.05) is 37.3 Å². The summed E-state index contributed by atoms with van der Waals surface area (Å²) in [6.07, 6.45) is 4.89. The number of carbonyl (C=O) groups is 1. The second-order valence-corrected chi connectivity index (χ2v) is 9.27. The molecule has 0 heterocycles. The van der Waals surface area contributed by atoms with Crippen LogP contribution >= 0.6 is 0 Å². The van der Waals surface area contributed by atoms with Crippen LogP contribution in [0.5, 0.6) is 0 Å². The maximum atomic E-state index is 13.0. The summed E-state index contributed by atoms with van der Waals surface area (Å²) in [5, 5.41) is 3.07. The molecule has 1 N–H and O–H groups in total. The van der Waals surface area contributed by atoms with Crippen molar-refractivity contribution in [3.8, 4) is 0 Å². The van der Waals surface area contributed by atoms with Crippen molar-refractivity contribution in [2.75, 3.05) is 10.6 Å². The van der Waals surface area contributed by atoms with Crippen LogP contribution in [0.2, 0.25) is 0 Å². The number of hydrogen-bond donors (Lipinski definition) is 1. The van der Waals surface area contributed by atoms with Crippen LogP contribution in [0.1, 0.15) is 49.4 Å². The fourth-order valence-electron chi connectivity index (χ4n) is 3.88. The molecule has 0 radical (unpaired) electrons. The van der Waals surface area contributed by atoms with E-state index in [2.05, 4.69) is 11.4 Å². The van der Waals surface area contributed by atoms with Crippen LogP contribution in [0.25, 0.3) is 0 Å². The SMILES string of the molecule is CCc1ccc(N([C@H](C)C(=O)N[C@H]2CCCc3ccccc32)S(C)(=O)=O)cc1. The van der Waals surface area contributed by atoms with Gasteiger partial charge in [0, 0.05) is 0 Å². The third kappa shape index (κ3) is 4.38. The highest BCUT2D eigenvalue weighted by molar-refractivity contribution is 7.92. The van der Waals surface area contributed by atoms with E-state index in [4.69, 9.17) is 0 Å². The Morgan fingerprint density at radius 2 is 1.86 bits per heavy atom. The largest absolute Gasteiger partial charge is 0.347 e. The van der Waals surface area contributed by atoms with E-state index in [0.29, 0.717) is 5.69 Å². The van der Waals surface area contributed by atoms with Crippen LogP contribution in [-0.2, 0) is 27.7 Å². The number of carbonyl (C=O) groups excluding carboxylic acids is 1. The molecule has 1 amide bonds. The summed E-state index contributed by atoms with van der Waals surface area (Å²) in [5.41, 5.74) is 4.01. The molecule has 2 aromatic rings. The fraction of sp³-hybridized carbons (Fsp3) is 0.409. The van der Waals surface area contributed by atoms with E-state index >= 15 is 0 Å². The van der Waals surface area contributed by atoms with Gasteiger partial charge in [0.25, 0.3) is 0 Å². The third-order valence-corrected chi connectivity index (χ3v) is 6.62. The van der Waals surface area contributed by atoms with Gasteiger partial charge >= 0.3 is 0 Å². The number of rotatable bonds is 6. The highest BCUT2D eigenvalue weighted by Crippen LogP contribution is 2.30. The first-order valence-electron chi connectivity index (χ1n) is 9.77. The number of anilines is 1. The molecule has 3 rings (SSSR count). The number of amides is 1. The standard InChI is InChI=1S/C22H28N2O3S/c1-4-17-12-14-19(15-13-17)24(28(3,26)27)16(2)22(25)23-21-11-7-9-18-8-5-6-10-20(18)21/h5-6,8,10,12-16,21H,4,7,9,11H2,1-3H3,(H,23,25)/t16-,21+/m1/s1. The summed E-state index contributed by atoms with van der Waals surface area (Å²) in [6.45, 7) is 3.68. The first kappa shape index (κ1) is 20.4. The van der Waals surface area contributed by atoms with Crippen LogP contribution in [-0.4, -0.2) is 26.6 Å². The summed E-state index contributed by atoms with van der Waals surface area (Å²) in [7, 11) is -3.61. The van der Waals surface area contributed by atoms with Gasteiger partial charge in [-0.05, 0) is 61.4 Å². The highest BCUT2D eigenvalue weighted by atomic mass is 32.2. The lowest BCUT2D eigenvalue weighted by molar-refractivity contribution is -0.122. The molecule has 0 fully saturated rings. The quantitative estimate of drug-likeness (QED) is 0.806. The Balaban J connectivity index is 1.83. The molecule has 0 saturated carbocycles. The second-order valence-electron chi connectivity index (χ2n) is 7.41.